The van der Waals surface area contributed by atoms with Crippen LogP contribution in [0.2, 0.25) is 0 Å². The van der Waals surface area contributed by atoms with Crippen LogP contribution in [0.5, 0.6) is 17.2 Å². The summed E-state index contributed by atoms with van der Waals surface area (Å²) < 4.78 is 10.5. The van der Waals surface area contributed by atoms with E-state index in [9.17, 15) is 5.11 Å². The number of hydrogen-bond donors (Lipinski definition) is 2. The molecule has 1 aliphatic heterocycles. The quantitative estimate of drug-likeness (QED) is 0.900. The third-order valence-corrected chi connectivity index (χ3v) is 3.30. The van der Waals surface area contributed by atoms with Gasteiger partial charge in [-0.25, -0.2) is 0 Å². The zero-order valence-corrected chi connectivity index (χ0v) is 11.3. The van der Waals surface area contributed by atoms with Crippen LogP contribution in [0.4, 0.5) is 0 Å². The highest BCUT2D eigenvalue weighted by Crippen LogP contribution is 2.37. The molecule has 3 rings (SSSR count). The van der Waals surface area contributed by atoms with Gasteiger partial charge in [-0.1, -0.05) is 12.1 Å². The number of benzene rings is 2. The third kappa shape index (κ3) is 2.91. The summed E-state index contributed by atoms with van der Waals surface area (Å²) in [6.07, 6.45) is 0. The molecule has 2 N–H and O–H groups in total. The highest BCUT2D eigenvalue weighted by atomic mass is 16.7. The van der Waals surface area contributed by atoms with E-state index in [1.54, 1.807) is 24.3 Å². The molecule has 1 heterocycles. The van der Waals surface area contributed by atoms with E-state index < -0.39 is 0 Å². The first-order valence-corrected chi connectivity index (χ1v) is 6.57. The summed E-state index contributed by atoms with van der Waals surface area (Å²) in [7, 11) is 0. The Morgan fingerprint density at radius 3 is 2.52 bits per heavy atom. The molecule has 0 atom stereocenters. The van der Waals surface area contributed by atoms with Crippen molar-refractivity contribution in [2.75, 3.05) is 6.79 Å². The fourth-order valence-corrected chi connectivity index (χ4v) is 2.15. The Balaban J connectivity index is 1.61. The fraction of sp³-hybridized carbons (Fsp3) is 0.188. The molecule has 106 valence electrons. The van der Waals surface area contributed by atoms with Crippen molar-refractivity contribution in [2.24, 2.45) is 0 Å². The minimum atomic E-state index is 0.187. The lowest BCUT2D eigenvalue weighted by Gasteiger charge is -2.08. The van der Waals surface area contributed by atoms with Gasteiger partial charge in [-0.15, -0.1) is 0 Å². The van der Waals surface area contributed by atoms with Crippen LogP contribution in [-0.4, -0.2) is 11.9 Å². The monoisotopic (exact) mass is 282 g/mol. The zero-order chi connectivity index (χ0) is 14.7. The van der Waals surface area contributed by atoms with Crippen LogP contribution < -0.4 is 14.8 Å². The molecular formula is C16H14N2O3. The van der Waals surface area contributed by atoms with E-state index in [1.807, 2.05) is 12.1 Å². The number of nitrogens with one attached hydrogen (secondary N) is 1. The second kappa shape index (κ2) is 5.73. The van der Waals surface area contributed by atoms with E-state index in [0.717, 1.165) is 11.1 Å². The first-order valence-electron chi connectivity index (χ1n) is 6.57. The van der Waals surface area contributed by atoms with Gasteiger partial charge in [-0.3, -0.25) is 0 Å². The molecule has 0 amide bonds. The Hall–Kier alpha value is -2.71. The number of phenols is 1. The highest BCUT2D eigenvalue weighted by molar-refractivity contribution is 5.51. The van der Waals surface area contributed by atoms with Crippen LogP contribution in [0.25, 0.3) is 0 Å². The summed E-state index contributed by atoms with van der Waals surface area (Å²) in [6.45, 7) is 1.36. The fourth-order valence-electron chi connectivity index (χ4n) is 2.15. The molecule has 21 heavy (non-hydrogen) atoms. The topological polar surface area (TPSA) is 74.5 Å². The van der Waals surface area contributed by atoms with Gasteiger partial charge in [-0.05, 0) is 23.8 Å². The van der Waals surface area contributed by atoms with Gasteiger partial charge in [0.05, 0.1) is 11.6 Å². The molecule has 5 heteroatoms. The van der Waals surface area contributed by atoms with Gasteiger partial charge in [-0.2, -0.15) is 5.26 Å². The average Bonchev–Trinajstić information content (AvgIpc) is 2.95. The van der Waals surface area contributed by atoms with Crippen molar-refractivity contribution in [1.29, 1.82) is 5.26 Å². The SMILES string of the molecule is N#Cc1ccc(CNCc2cc3c(cc2O)OCO3)cc1. The number of fused-ring (bicyclic) bond motifs is 1. The Morgan fingerprint density at radius 2 is 1.81 bits per heavy atom. The van der Waals surface area contributed by atoms with Crippen LogP contribution >= 0.6 is 0 Å². The van der Waals surface area contributed by atoms with Gasteiger partial charge in [0.25, 0.3) is 0 Å². The molecule has 0 fully saturated rings. The summed E-state index contributed by atoms with van der Waals surface area (Å²) in [6, 6.07) is 12.8. The summed E-state index contributed by atoms with van der Waals surface area (Å²) in [5.41, 5.74) is 2.48. The van der Waals surface area contributed by atoms with Gasteiger partial charge < -0.3 is 19.9 Å². The van der Waals surface area contributed by atoms with Gasteiger partial charge in [0.1, 0.15) is 5.75 Å². The molecule has 0 aliphatic carbocycles. The van der Waals surface area contributed by atoms with E-state index in [0.29, 0.717) is 30.2 Å². The van der Waals surface area contributed by atoms with E-state index >= 15 is 0 Å². The standard InChI is InChI=1S/C16H14N2O3/c17-7-11-1-3-12(4-2-11)8-18-9-13-5-15-16(6-14(13)19)21-10-20-15/h1-6,18-19H,8-10H2. The van der Waals surface area contributed by atoms with E-state index in [-0.39, 0.29) is 12.5 Å². The maximum atomic E-state index is 9.93. The number of nitriles is 1. The van der Waals surface area contributed by atoms with Gasteiger partial charge >= 0.3 is 0 Å². The molecule has 2 aromatic carbocycles. The second-order valence-corrected chi connectivity index (χ2v) is 4.75. The van der Waals surface area contributed by atoms with E-state index in [2.05, 4.69) is 11.4 Å². The van der Waals surface area contributed by atoms with Gasteiger partial charge in [0, 0.05) is 24.7 Å². The van der Waals surface area contributed by atoms with Crippen molar-refractivity contribution in [3.63, 3.8) is 0 Å². The Kier molecular flexibility index (Phi) is 3.63. The molecular weight excluding hydrogens is 268 g/mol. The third-order valence-electron chi connectivity index (χ3n) is 3.30. The normalized spacial score (nSPS) is 12.1. The second-order valence-electron chi connectivity index (χ2n) is 4.75. The van der Waals surface area contributed by atoms with Gasteiger partial charge in [0.2, 0.25) is 6.79 Å². The molecule has 0 saturated carbocycles. The lowest BCUT2D eigenvalue weighted by atomic mass is 10.1. The lowest BCUT2D eigenvalue weighted by Crippen LogP contribution is -2.12. The maximum absolute atomic E-state index is 9.93. The molecule has 0 aromatic heterocycles. The first-order chi connectivity index (χ1) is 10.3. The molecule has 1 aliphatic rings. The number of aromatic hydroxyl groups is 1. The van der Waals surface area contributed by atoms with Crippen LogP contribution in [0.15, 0.2) is 36.4 Å². The summed E-state index contributed by atoms with van der Waals surface area (Å²) in [4.78, 5) is 0. The number of rotatable bonds is 4. The number of nitrogens with zero attached hydrogens (tertiary/aromatic N) is 1. The number of hydrogen-bond acceptors (Lipinski definition) is 5. The van der Waals surface area contributed by atoms with Crippen molar-refractivity contribution in [1.82, 2.24) is 5.32 Å². The first kappa shape index (κ1) is 13.3. The molecule has 0 spiro atoms. The lowest BCUT2D eigenvalue weighted by molar-refractivity contribution is 0.174. The van der Waals surface area contributed by atoms with E-state index in [4.69, 9.17) is 14.7 Å². The zero-order valence-electron chi connectivity index (χ0n) is 11.3. The average molecular weight is 282 g/mol. The number of ether oxygens (including phenoxy) is 2. The Morgan fingerprint density at radius 1 is 1.10 bits per heavy atom. The van der Waals surface area contributed by atoms with Crippen LogP contribution in [-0.2, 0) is 13.1 Å². The molecule has 0 saturated heterocycles. The summed E-state index contributed by atoms with van der Waals surface area (Å²) >= 11 is 0. The van der Waals surface area contributed by atoms with Crippen LogP contribution in [0.1, 0.15) is 16.7 Å². The summed E-state index contributed by atoms with van der Waals surface area (Å²) in [5.74, 6) is 1.41. The maximum Gasteiger partial charge on any atom is 0.231 e. The molecule has 0 radical (unpaired) electrons. The van der Waals surface area contributed by atoms with Crippen LogP contribution in [0, 0.1) is 11.3 Å². The van der Waals surface area contributed by atoms with Crippen molar-refractivity contribution in [2.45, 2.75) is 13.1 Å². The predicted octanol–water partition coefficient (Wildman–Crippen LogP) is 2.28. The number of phenolic OH excluding ortho intramolecular Hbond substituents is 1. The van der Waals surface area contributed by atoms with E-state index in [1.165, 1.54) is 0 Å². The largest absolute Gasteiger partial charge is 0.507 e. The van der Waals surface area contributed by atoms with Crippen molar-refractivity contribution >= 4 is 0 Å². The molecule has 2 aromatic rings. The summed E-state index contributed by atoms with van der Waals surface area (Å²) in [5, 5.41) is 21.9. The minimum absolute atomic E-state index is 0.187. The minimum Gasteiger partial charge on any atom is -0.507 e. The molecule has 5 nitrogen and oxygen atoms in total. The Labute approximate surface area is 122 Å². The van der Waals surface area contributed by atoms with Crippen molar-refractivity contribution in [3.8, 4) is 23.3 Å². The smallest absolute Gasteiger partial charge is 0.231 e. The highest BCUT2D eigenvalue weighted by Gasteiger charge is 2.16. The van der Waals surface area contributed by atoms with Crippen molar-refractivity contribution in [3.05, 3.63) is 53.1 Å². The molecule has 0 bridgehead atoms. The van der Waals surface area contributed by atoms with Crippen LogP contribution in [0.3, 0.4) is 0 Å². The van der Waals surface area contributed by atoms with Gasteiger partial charge in [0.15, 0.2) is 11.5 Å². The molecule has 0 unspecified atom stereocenters. The predicted molar refractivity (Wildman–Crippen MR) is 75.9 cm³/mol. The van der Waals surface area contributed by atoms with Crippen molar-refractivity contribution < 1.29 is 14.6 Å². The Bertz CT molecular complexity index is 690.